The van der Waals surface area contributed by atoms with E-state index < -0.39 is 0 Å². The molecule has 0 N–H and O–H groups in total. The first kappa shape index (κ1) is 52.8. The third-order valence-electron chi connectivity index (χ3n) is 17.4. The highest BCUT2D eigenvalue weighted by atomic mass is 15.0. The molecule has 1 atom stereocenters. The van der Waals surface area contributed by atoms with Crippen LogP contribution in [0.2, 0.25) is 0 Å². The molecule has 0 fully saturated rings. The standard InChI is InChI=1S/C41H32N2.C40H26N2.C2H6/c1-2-3-6-13-29-20-23-35-37-28-31(22-25-40(37)43(41(35)26-29)33-16-9-5-10-17-33)30-21-24-39-36(27-30)34-18-11-12-19-38(34)42(39)32-14-7-4-8-15-32;1-3-13-28(14-4-1)41-37-21-11-9-18-31(37)35-25-27(23-24-39(35)41)34-26-36-32-19-10-12-22-38(32)42(29-15-5-2-6-16-29)40(36)33-20-8-7-17-30(33)34;1-2/h2-14,16-28,32H,15H2,1H3;1-26H;1-2H3/b3-2-,13-6-;;. The van der Waals surface area contributed by atoms with E-state index in [4.69, 9.17) is 0 Å². The molecule has 1 aliphatic rings. The van der Waals surface area contributed by atoms with Crippen LogP contribution in [-0.2, 0) is 0 Å². The van der Waals surface area contributed by atoms with Crippen LogP contribution in [0, 0.1) is 0 Å². The lowest BCUT2D eigenvalue weighted by molar-refractivity contribution is 0.648. The Hall–Kier alpha value is -10.9. The van der Waals surface area contributed by atoms with Crippen molar-refractivity contribution in [2.75, 3.05) is 0 Å². The fourth-order valence-electron chi connectivity index (χ4n) is 13.7. The topological polar surface area (TPSA) is 19.7 Å². The molecule has 4 heteroatoms. The molecule has 1 aliphatic carbocycles. The molecule has 4 nitrogen and oxygen atoms in total. The number of allylic oxidation sites excluding steroid dienone is 7. The first-order valence-corrected chi connectivity index (χ1v) is 30.6. The maximum atomic E-state index is 2.51. The van der Waals surface area contributed by atoms with E-state index in [0.29, 0.717) is 6.04 Å². The fraction of sp³-hybridized carbons (Fsp3) is 0.0602. The number of aromatic nitrogens is 4. The third kappa shape index (κ3) is 9.08. The summed E-state index contributed by atoms with van der Waals surface area (Å²) in [7, 11) is 0. The van der Waals surface area contributed by atoms with Crippen molar-refractivity contribution in [3.05, 3.63) is 315 Å². The van der Waals surface area contributed by atoms with E-state index in [1.54, 1.807) is 0 Å². The van der Waals surface area contributed by atoms with Gasteiger partial charge in [-0.1, -0.05) is 226 Å². The van der Waals surface area contributed by atoms with Gasteiger partial charge in [-0.25, -0.2) is 0 Å². The number of nitrogens with zero attached hydrogens (tertiary/aromatic N) is 4. The van der Waals surface area contributed by atoms with Gasteiger partial charge in [0.05, 0.1) is 39.1 Å². The second-order valence-corrected chi connectivity index (χ2v) is 22.3. The highest BCUT2D eigenvalue weighted by Gasteiger charge is 2.22. The van der Waals surface area contributed by atoms with Crippen molar-refractivity contribution in [3.63, 3.8) is 0 Å². The summed E-state index contributed by atoms with van der Waals surface area (Å²) in [5.74, 6) is 0. The van der Waals surface area contributed by atoms with Crippen LogP contribution in [0.15, 0.2) is 309 Å². The number of fused-ring (bicyclic) bond motifs is 14. The van der Waals surface area contributed by atoms with E-state index >= 15 is 0 Å². The molecule has 0 amide bonds. The Labute approximate surface area is 507 Å². The van der Waals surface area contributed by atoms with Gasteiger partial charge in [0.2, 0.25) is 0 Å². The summed E-state index contributed by atoms with van der Waals surface area (Å²) < 4.78 is 9.70. The van der Waals surface area contributed by atoms with Gasteiger partial charge in [0.15, 0.2) is 0 Å². The zero-order valence-electron chi connectivity index (χ0n) is 49.1. The molecule has 0 saturated heterocycles. The van der Waals surface area contributed by atoms with Gasteiger partial charge in [-0.05, 0) is 150 Å². The van der Waals surface area contributed by atoms with Crippen molar-refractivity contribution in [2.45, 2.75) is 33.2 Å². The molecule has 12 aromatic carbocycles. The van der Waals surface area contributed by atoms with Crippen molar-refractivity contribution in [3.8, 4) is 39.3 Å². The molecule has 1 unspecified atom stereocenters. The maximum absolute atomic E-state index is 2.51. The molecule has 0 radical (unpaired) electrons. The number of benzene rings is 12. The summed E-state index contributed by atoms with van der Waals surface area (Å²) in [5, 5.41) is 12.7. The molecular weight excluding hydrogens is 1050 g/mol. The number of hydrogen-bond acceptors (Lipinski definition) is 0. The van der Waals surface area contributed by atoms with Gasteiger partial charge in [-0.2, -0.15) is 0 Å². The van der Waals surface area contributed by atoms with Crippen LogP contribution in [0.5, 0.6) is 0 Å². The fourth-order valence-corrected chi connectivity index (χ4v) is 13.7. The van der Waals surface area contributed by atoms with Crippen LogP contribution in [-0.4, -0.2) is 18.3 Å². The van der Waals surface area contributed by atoms with Gasteiger partial charge in [0.1, 0.15) is 0 Å². The average Bonchev–Trinajstić information content (AvgIpc) is 1.69. The van der Waals surface area contributed by atoms with E-state index in [0.717, 1.165) is 6.42 Å². The van der Waals surface area contributed by atoms with Crippen molar-refractivity contribution < 1.29 is 0 Å². The maximum Gasteiger partial charge on any atom is 0.0619 e. The van der Waals surface area contributed by atoms with Gasteiger partial charge >= 0.3 is 0 Å². The monoisotopic (exact) mass is 1120 g/mol. The molecule has 17 rings (SSSR count). The SMILES string of the molecule is C/C=C\C=C/c1ccc2c3cc(-c4ccc5c(c4)c4ccccc4n5C4C=CC=CC4)ccc3n(-c3ccccc3)c2c1.CC.c1ccc(-n2c3ccccc3c3cc(-c4cc5c6ccccc6n(-c6ccccc6)c5c5ccccc45)ccc32)cc1. The molecule has 87 heavy (non-hydrogen) atoms. The Morgan fingerprint density at radius 2 is 0.782 bits per heavy atom. The first-order valence-electron chi connectivity index (χ1n) is 30.6. The number of rotatable bonds is 8. The van der Waals surface area contributed by atoms with Gasteiger partial charge in [-0.3, -0.25) is 0 Å². The van der Waals surface area contributed by atoms with E-state index in [2.05, 4.69) is 334 Å². The van der Waals surface area contributed by atoms with Gasteiger partial charge < -0.3 is 18.3 Å². The van der Waals surface area contributed by atoms with Crippen molar-refractivity contribution in [1.29, 1.82) is 0 Å². The largest absolute Gasteiger partial charge is 0.333 e. The minimum Gasteiger partial charge on any atom is -0.333 e. The molecule has 4 heterocycles. The highest BCUT2D eigenvalue weighted by molar-refractivity contribution is 6.23. The van der Waals surface area contributed by atoms with Crippen LogP contribution in [0.3, 0.4) is 0 Å². The predicted molar refractivity (Wildman–Crippen MR) is 374 cm³/mol. The minimum atomic E-state index is 0.330. The Kier molecular flexibility index (Phi) is 13.7. The molecule has 0 spiro atoms. The molecule has 4 aromatic heterocycles. The van der Waals surface area contributed by atoms with Crippen LogP contribution in [0.25, 0.3) is 143 Å². The zero-order chi connectivity index (χ0) is 58.4. The van der Waals surface area contributed by atoms with E-state index in [9.17, 15) is 0 Å². The van der Waals surface area contributed by atoms with E-state index in [1.807, 2.05) is 20.8 Å². The van der Waals surface area contributed by atoms with Gasteiger partial charge in [0, 0.05) is 76.6 Å². The summed E-state index contributed by atoms with van der Waals surface area (Å²) in [6.07, 6.45) is 18.3. The summed E-state index contributed by atoms with van der Waals surface area (Å²) >= 11 is 0. The highest BCUT2D eigenvalue weighted by Crippen LogP contribution is 2.44. The minimum absolute atomic E-state index is 0.330. The molecule has 0 aliphatic heterocycles. The Balaban J connectivity index is 0.000000143. The van der Waals surface area contributed by atoms with E-state index in [1.165, 1.54) is 143 Å². The summed E-state index contributed by atoms with van der Waals surface area (Å²) in [5.41, 5.74) is 19.6. The second-order valence-electron chi connectivity index (χ2n) is 22.3. The predicted octanol–water partition coefficient (Wildman–Crippen LogP) is 22.9. The summed E-state index contributed by atoms with van der Waals surface area (Å²) in [6, 6.07) is 97.8. The molecule has 0 bridgehead atoms. The summed E-state index contributed by atoms with van der Waals surface area (Å²) in [4.78, 5) is 0. The van der Waals surface area contributed by atoms with Crippen LogP contribution in [0.4, 0.5) is 0 Å². The first-order chi connectivity index (χ1) is 43.2. The zero-order valence-corrected chi connectivity index (χ0v) is 49.1. The van der Waals surface area contributed by atoms with Gasteiger partial charge in [0.25, 0.3) is 0 Å². The third-order valence-corrected chi connectivity index (χ3v) is 17.4. The van der Waals surface area contributed by atoms with Crippen molar-refractivity contribution in [1.82, 2.24) is 18.3 Å². The molecule has 16 aromatic rings. The lowest BCUT2D eigenvalue weighted by Crippen LogP contribution is -2.06. The normalized spacial score (nSPS) is 13.3. The Morgan fingerprint density at radius 3 is 1.39 bits per heavy atom. The van der Waals surface area contributed by atoms with E-state index in [-0.39, 0.29) is 0 Å². The van der Waals surface area contributed by atoms with Crippen molar-refractivity contribution >= 4 is 104 Å². The van der Waals surface area contributed by atoms with Crippen molar-refractivity contribution in [2.24, 2.45) is 0 Å². The van der Waals surface area contributed by atoms with Gasteiger partial charge in [-0.15, -0.1) is 0 Å². The Morgan fingerprint density at radius 1 is 0.333 bits per heavy atom. The van der Waals surface area contributed by atoms with Crippen LogP contribution in [0.1, 0.15) is 38.8 Å². The number of hydrogen-bond donors (Lipinski definition) is 0. The lowest BCUT2D eigenvalue weighted by Gasteiger charge is -2.18. The van der Waals surface area contributed by atoms with Crippen LogP contribution >= 0.6 is 0 Å². The lowest BCUT2D eigenvalue weighted by atomic mass is 9.94. The molecule has 416 valence electrons. The quantitative estimate of drug-likeness (QED) is 0.135. The van der Waals surface area contributed by atoms with Crippen LogP contribution < -0.4 is 0 Å². The smallest absolute Gasteiger partial charge is 0.0619 e. The number of para-hydroxylation sites is 6. The molecular formula is C83H64N4. The average molecular weight is 1120 g/mol. The second kappa shape index (κ2) is 22.6. The Bertz CT molecular complexity index is 5390. The summed E-state index contributed by atoms with van der Waals surface area (Å²) in [6.45, 7) is 6.04. The molecule has 0 saturated carbocycles.